The van der Waals surface area contributed by atoms with E-state index in [-0.39, 0.29) is 11.8 Å². The molecule has 1 heterocycles. The number of nitrogens with zero attached hydrogens (tertiary/aromatic N) is 2. The quantitative estimate of drug-likeness (QED) is 0.367. The lowest BCUT2D eigenvalue weighted by atomic mass is 9.64. The lowest BCUT2D eigenvalue weighted by molar-refractivity contribution is -0.727. The molecule has 36 heavy (non-hydrogen) atoms. The fourth-order valence-corrected chi connectivity index (χ4v) is 5.46. The van der Waals surface area contributed by atoms with Crippen molar-refractivity contribution < 1.29 is 27.1 Å². The molecule has 0 bridgehead atoms. The van der Waals surface area contributed by atoms with Crippen LogP contribution in [0.15, 0.2) is 73.1 Å². The zero-order chi connectivity index (χ0) is 26.3. The van der Waals surface area contributed by atoms with Crippen molar-refractivity contribution in [3.05, 3.63) is 90.0 Å². The number of carbonyl (C=O) groups excluding carboxylic acids is 1. The lowest BCUT2D eigenvalue weighted by Gasteiger charge is -2.37. The SMILES string of the molecule is COCCn1cc[n+]([C@@H]2CC[C@H](C(C(N)=O)(c3ccccc3)c3ccccc3)C2)c1C.CS(=O)(=O)[O-]. The van der Waals surface area contributed by atoms with Crippen LogP contribution >= 0.6 is 0 Å². The zero-order valence-corrected chi connectivity index (χ0v) is 21.9. The highest BCUT2D eigenvalue weighted by molar-refractivity contribution is 7.84. The molecule has 0 unspecified atom stereocenters. The van der Waals surface area contributed by atoms with Crippen molar-refractivity contribution in [1.29, 1.82) is 0 Å². The molecule has 0 spiro atoms. The van der Waals surface area contributed by atoms with Gasteiger partial charge in [0.05, 0.1) is 16.7 Å². The van der Waals surface area contributed by atoms with E-state index in [9.17, 15) is 4.79 Å². The maximum atomic E-state index is 13.2. The van der Waals surface area contributed by atoms with E-state index in [1.54, 1.807) is 7.11 Å². The second kappa shape index (κ2) is 11.8. The summed E-state index contributed by atoms with van der Waals surface area (Å²) in [7, 11) is -2.19. The Hall–Kier alpha value is -3.01. The molecule has 0 radical (unpaired) electrons. The highest BCUT2D eigenvalue weighted by Crippen LogP contribution is 2.48. The van der Waals surface area contributed by atoms with E-state index < -0.39 is 15.5 Å². The third-order valence-corrected chi connectivity index (χ3v) is 6.99. The molecule has 1 aliphatic carbocycles. The van der Waals surface area contributed by atoms with Crippen molar-refractivity contribution in [3.63, 3.8) is 0 Å². The molecule has 0 saturated heterocycles. The van der Waals surface area contributed by atoms with Gasteiger partial charge in [-0.05, 0) is 36.3 Å². The minimum Gasteiger partial charge on any atom is -0.748 e. The Balaban J connectivity index is 0.000000658. The van der Waals surface area contributed by atoms with Crippen molar-refractivity contribution in [2.24, 2.45) is 11.7 Å². The summed E-state index contributed by atoms with van der Waals surface area (Å²) in [6.07, 6.45) is 7.78. The van der Waals surface area contributed by atoms with E-state index >= 15 is 0 Å². The summed E-state index contributed by atoms with van der Waals surface area (Å²) in [6, 6.07) is 20.5. The minimum atomic E-state index is -3.92. The highest BCUT2D eigenvalue weighted by Gasteiger charge is 2.51. The van der Waals surface area contributed by atoms with Crippen LogP contribution in [0.5, 0.6) is 0 Å². The first-order chi connectivity index (χ1) is 17.1. The second-order valence-electron chi connectivity index (χ2n) is 9.21. The third-order valence-electron chi connectivity index (χ3n) is 6.99. The summed E-state index contributed by atoms with van der Waals surface area (Å²) in [5.74, 6) is 1.08. The lowest BCUT2D eigenvalue weighted by Crippen LogP contribution is -2.48. The fraction of sp³-hybridized carbons (Fsp3) is 0.407. The minimum absolute atomic E-state index is 0.133. The summed E-state index contributed by atoms with van der Waals surface area (Å²) in [5, 5.41) is 0. The predicted molar refractivity (Wildman–Crippen MR) is 136 cm³/mol. The first kappa shape index (κ1) is 27.6. The Morgan fingerprint density at radius 2 is 1.64 bits per heavy atom. The van der Waals surface area contributed by atoms with Crippen molar-refractivity contribution >= 4 is 16.0 Å². The van der Waals surface area contributed by atoms with Crippen LogP contribution in [0.4, 0.5) is 0 Å². The van der Waals surface area contributed by atoms with Gasteiger partial charge in [-0.15, -0.1) is 0 Å². The van der Waals surface area contributed by atoms with Gasteiger partial charge < -0.3 is 15.0 Å². The fourth-order valence-electron chi connectivity index (χ4n) is 5.46. The Morgan fingerprint density at radius 1 is 1.11 bits per heavy atom. The van der Waals surface area contributed by atoms with E-state index in [2.05, 4.69) is 28.5 Å². The van der Waals surface area contributed by atoms with Crippen LogP contribution in [0.3, 0.4) is 0 Å². The van der Waals surface area contributed by atoms with Gasteiger partial charge in [0.25, 0.3) is 5.82 Å². The zero-order valence-electron chi connectivity index (χ0n) is 21.0. The number of aromatic nitrogens is 2. The molecule has 194 valence electrons. The number of nitrogens with two attached hydrogens (primary N) is 1. The van der Waals surface area contributed by atoms with Gasteiger partial charge in [0.15, 0.2) is 0 Å². The van der Waals surface area contributed by atoms with Crippen LogP contribution in [0.1, 0.15) is 42.3 Å². The molecule has 1 saturated carbocycles. The van der Waals surface area contributed by atoms with Crippen LogP contribution in [0.25, 0.3) is 0 Å². The normalized spacial score (nSPS) is 17.9. The molecule has 1 amide bonds. The molecular formula is C27H35N3O5S. The van der Waals surface area contributed by atoms with E-state index in [4.69, 9.17) is 23.4 Å². The van der Waals surface area contributed by atoms with Crippen LogP contribution < -0.4 is 10.3 Å². The Labute approximate surface area is 213 Å². The van der Waals surface area contributed by atoms with Gasteiger partial charge in [-0.25, -0.2) is 17.6 Å². The number of ether oxygens (including phenoxy) is 1. The number of imidazole rings is 1. The molecule has 1 aliphatic rings. The molecular weight excluding hydrogens is 478 g/mol. The largest absolute Gasteiger partial charge is 0.748 e. The summed E-state index contributed by atoms with van der Waals surface area (Å²) < 4.78 is 37.1. The van der Waals surface area contributed by atoms with Gasteiger partial charge in [0.1, 0.15) is 30.4 Å². The summed E-state index contributed by atoms with van der Waals surface area (Å²) >= 11 is 0. The number of methoxy groups -OCH3 is 1. The summed E-state index contributed by atoms with van der Waals surface area (Å²) in [6.45, 7) is 3.68. The van der Waals surface area contributed by atoms with Gasteiger partial charge in [-0.1, -0.05) is 60.7 Å². The Kier molecular flexibility index (Phi) is 9.05. The Bertz CT molecular complexity index is 1200. The molecule has 1 aromatic heterocycles. The van der Waals surface area contributed by atoms with E-state index in [0.717, 1.165) is 36.9 Å². The van der Waals surface area contributed by atoms with Gasteiger partial charge in [0.2, 0.25) is 5.91 Å². The predicted octanol–water partition coefficient (Wildman–Crippen LogP) is 2.70. The molecule has 8 nitrogen and oxygen atoms in total. The maximum Gasteiger partial charge on any atom is 0.253 e. The van der Waals surface area contributed by atoms with Gasteiger partial charge >= 0.3 is 0 Å². The van der Waals surface area contributed by atoms with Crippen molar-refractivity contribution in [2.45, 2.75) is 44.2 Å². The molecule has 2 N–H and O–H groups in total. The van der Waals surface area contributed by atoms with Crippen LogP contribution in [0.2, 0.25) is 0 Å². The molecule has 9 heteroatoms. The van der Waals surface area contributed by atoms with Crippen molar-refractivity contribution in [2.75, 3.05) is 20.0 Å². The second-order valence-corrected chi connectivity index (χ2v) is 10.6. The first-order valence-electron chi connectivity index (χ1n) is 12.0. The van der Waals surface area contributed by atoms with Crippen molar-refractivity contribution in [1.82, 2.24) is 4.57 Å². The summed E-state index contributed by atoms with van der Waals surface area (Å²) in [5.41, 5.74) is 7.37. The van der Waals surface area contributed by atoms with Crippen LogP contribution in [-0.4, -0.2) is 43.4 Å². The topological polar surface area (TPSA) is 118 Å². The Morgan fingerprint density at radius 3 is 2.11 bits per heavy atom. The molecule has 2 aromatic carbocycles. The van der Waals surface area contributed by atoms with E-state index in [0.29, 0.717) is 18.9 Å². The molecule has 2 atom stereocenters. The molecule has 4 rings (SSSR count). The monoisotopic (exact) mass is 513 g/mol. The number of hydrogen-bond acceptors (Lipinski definition) is 5. The van der Waals surface area contributed by atoms with E-state index in [1.807, 2.05) is 60.7 Å². The number of hydrogen-bond donors (Lipinski definition) is 1. The number of amides is 1. The number of benzene rings is 2. The van der Waals surface area contributed by atoms with Gasteiger partial charge in [-0.3, -0.25) is 4.79 Å². The first-order valence-corrected chi connectivity index (χ1v) is 13.8. The van der Waals surface area contributed by atoms with E-state index in [1.165, 1.54) is 5.82 Å². The number of rotatable bonds is 8. The molecule has 3 aromatic rings. The smallest absolute Gasteiger partial charge is 0.253 e. The van der Waals surface area contributed by atoms with Crippen molar-refractivity contribution in [3.8, 4) is 0 Å². The average Bonchev–Trinajstić information content (AvgIpc) is 3.45. The molecule has 0 aliphatic heterocycles. The number of primary amides is 1. The third kappa shape index (κ3) is 6.21. The summed E-state index contributed by atoms with van der Waals surface area (Å²) in [4.78, 5) is 13.2. The highest BCUT2D eigenvalue weighted by atomic mass is 32.2. The molecule has 1 fully saturated rings. The maximum absolute atomic E-state index is 13.2. The van der Waals surface area contributed by atoms with Gasteiger partial charge in [0, 0.05) is 20.3 Å². The average molecular weight is 514 g/mol. The van der Waals surface area contributed by atoms with Gasteiger partial charge in [-0.2, -0.15) is 0 Å². The van der Waals surface area contributed by atoms with Crippen LogP contribution in [0, 0.1) is 12.8 Å². The standard InChI is InChI=1S/C26H31N3O2.CH4O3S/c1-20-28(17-18-31-2)15-16-29(20)24-14-13-23(19-24)26(25(27)30,21-9-5-3-6-10-21)22-11-7-4-8-12-22;1-5(2,3)4/h3-12,15-16,23-24H,13-14,17-19H2,1-2H3,(H-,27,30);1H3,(H,2,3,4)/t23-,24+;/m0./s1. The van der Waals surface area contributed by atoms with Crippen LogP contribution in [-0.2, 0) is 31.6 Å². The number of carbonyl (C=O) groups is 1.